The van der Waals surface area contributed by atoms with Gasteiger partial charge in [-0.25, -0.2) is 4.79 Å². The zero-order chi connectivity index (χ0) is 21.0. The number of rotatable bonds is 6. The van der Waals surface area contributed by atoms with Gasteiger partial charge in [0.2, 0.25) is 5.78 Å². The molecule has 1 aliphatic heterocycles. The third-order valence-corrected chi connectivity index (χ3v) is 5.71. The van der Waals surface area contributed by atoms with Gasteiger partial charge in [-0.2, -0.15) is 0 Å². The SMILES string of the molecule is COc1ccc(C2=NOC(C(=O)OC3CCCCC3)(C(=O)c3ccccc3)C2)cc1. The normalized spacial score (nSPS) is 21.4. The van der Waals surface area contributed by atoms with E-state index >= 15 is 0 Å². The molecule has 6 nitrogen and oxygen atoms in total. The molecule has 2 aromatic carbocycles. The first-order valence-corrected chi connectivity index (χ1v) is 10.3. The van der Waals surface area contributed by atoms with Gasteiger partial charge >= 0.3 is 11.6 Å². The lowest BCUT2D eigenvalue weighted by Crippen LogP contribution is -2.49. The van der Waals surface area contributed by atoms with Crippen LogP contribution in [0.25, 0.3) is 0 Å². The zero-order valence-electron chi connectivity index (χ0n) is 17.0. The average molecular weight is 407 g/mol. The van der Waals surface area contributed by atoms with Crippen molar-refractivity contribution in [3.8, 4) is 5.75 Å². The molecule has 156 valence electrons. The van der Waals surface area contributed by atoms with Gasteiger partial charge in [-0.15, -0.1) is 0 Å². The summed E-state index contributed by atoms with van der Waals surface area (Å²) >= 11 is 0. The number of benzene rings is 2. The van der Waals surface area contributed by atoms with Crippen LogP contribution in [0.2, 0.25) is 0 Å². The third kappa shape index (κ3) is 3.95. The predicted molar refractivity (Wildman–Crippen MR) is 112 cm³/mol. The van der Waals surface area contributed by atoms with Crippen molar-refractivity contribution in [1.29, 1.82) is 0 Å². The van der Waals surface area contributed by atoms with E-state index in [1.165, 1.54) is 0 Å². The maximum atomic E-state index is 13.4. The molecule has 1 unspecified atom stereocenters. The van der Waals surface area contributed by atoms with Crippen molar-refractivity contribution in [2.45, 2.75) is 50.2 Å². The van der Waals surface area contributed by atoms with E-state index in [0.29, 0.717) is 17.0 Å². The van der Waals surface area contributed by atoms with Crippen LogP contribution in [0.15, 0.2) is 59.8 Å². The van der Waals surface area contributed by atoms with E-state index in [9.17, 15) is 9.59 Å². The van der Waals surface area contributed by atoms with E-state index in [1.54, 1.807) is 43.5 Å². The topological polar surface area (TPSA) is 74.2 Å². The smallest absolute Gasteiger partial charge is 0.362 e. The molecule has 1 aliphatic carbocycles. The van der Waals surface area contributed by atoms with Gasteiger partial charge in [0.05, 0.1) is 19.2 Å². The molecular formula is C24H25NO5. The molecule has 1 fully saturated rings. The van der Waals surface area contributed by atoms with E-state index in [1.807, 2.05) is 18.2 Å². The second-order valence-electron chi connectivity index (χ2n) is 7.72. The summed E-state index contributed by atoms with van der Waals surface area (Å²) in [6.45, 7) is 0. The summed E-state index contributed by atoms with van der Waals surface area (Å²) in [5, 5.41) is 4.13. The molecule has 0 saturated heterocycles. The van der Waals surface area contributed by atoms with Crippen LogP contribution >= 0.6 is 0 Å². The summed E-state index contributed by atoms with van der Waals surface area (Å²) in [5.41, 5.74) is -0.107. The first-order chi connectivity index (χ1) is 14.6. The maximum absolute atomic E-state index is 13.4. The Labute approximate surface area is 175 Å². The fourth-order valence-electron chi connectivity index (χ4n) is 3.95. The Morgan fingerprint density at radius 1 is 1.00 bits per heavy atom. The molecule has 0 spiro atoms. The summed E-state index contributed by atoms with van der Waals surface area (Å²) in [6.07, 6.45) is 4.65. The molecule has 1 saturated carbocycles. The highest BCUT2D eigenvalue weighted by Crippen LogP contribution is 2.34. The number of carbonyl (C=O) groups is 2. The van der Waals surface area contributed by atoms with E-state index in [2.05, 4.69) is 5.16 Å². The summed E-state index contributed by atoms with van der Waals surface area (Å²) in [4.78, 5) is 32.3. The Morgan fingerprint density at radius 2 is 1.70 bits per heavy atom. The van der Waals surface area contributed by atoms with Gasteiger partial charge in [0.25, 0.3) is 0 Å². The number of nitrogens with zero attached hydrogens (tertiary/aromatic N) is 1. The van der Waals surface area contributed by atoms with E-state index < -0.39 is 17.4 Å². The van der Waals surface area contributed by atoms with Gasteiger partial charge in [-0.1, -0.05) is 41.9 Å². The Hall–Kier alpha value is -3.15. The number of Topliss-reactive ketones (excluding diaryl/α,β-unsaturated/α-hetero) is 1. The Bertz CT molecular complexity index is 932. The molecule has 0 bridgehead atoms. The molecule has 0 radical (unpaired) electrons. The second-order valence-corrected chi connectivity index (χ2v) is 7.72. The molecule has 2 aromatic rings. The van der Waals surface area contributed by atoms with E-state index in [4.69, 9.17) is 14.3 Å². The summed E-state index contributed by atoms with van der Waals surface area (Å²) in [7, 11) is 1.59. The minimum atomic E-state index is -1.80. The summed E-state index contributed by atoms with van der Waals surface area (Å²) in [5.74, 6) is -0.381. The van der Waals surface area contributed by atoms with Crippen LogP contribution < -0.4 is 4.74 Å². The molecular weight excluding hydrogens is 382 g/mol. The van der Waals surface area contributed by atoms with Crippen LogP contribution in [0.3, 0.4) is 0 Å². The van der Waals surface area contributed by atoms with Crippen LogP contribution in [0, 0.1) is 0 Å². The number of carbonyl (C=O) groups excluding carboxylic acids is 2. The summed E-state index contributed by atoms with van der Waals surface area (Å²) < 4.78 is 11.0. The maximum Gasteiger partial charge on any atom is 0.362 e. The van der Waals surface area contributed by atoms with E-state index in [0.717, 1.165) is 37.7 Å². The van der Waals surface area contributed by atoms with Gasteiger partial charge in [0, 0.05) is 5.56 Å². The molecule has 0 N–H and O–H groups in total. The molecule has 2 aliphatic rings. The Balaban J connectivity index is 1.61. The highest BCUT2D eigenvalue weighted by molar-refractivity contribution is 6.20. The van der Waals surface area contributed by atoms with Gasteiger partial charge in [0.1, 0.15) is 11.9 Å². The lowest BCUT2D eigenvalue weighted by atomic mass is 9.86. The quantitative estimate of drug-likeness (QED) is 0.405. The number of esters is 1. The van der Waals surface area contributed by atoms with Gasteiger partial charge in [-0.3, -0.25) is 4.79 Å². The number of oxime groups is 1. The Morgan fingerprint density at radius 3 is 2.37 bits per heavy atom. The number of ether oxygens (including phenoxy) is 2. The lowest BCUT2D eigenvalue weighted by Gasteiger charge is -2.28. The van der Waals surface area contributed by atoms with Crippen molar-refractivity contribution in [2.75, 3.05) is 7.11 Å². The molecule has 30 heavy (non-hydrogen) atoms. The monoisotopic (exact) mass is 407 g/mol. The third-order valence-electron chi connectivity index (χ3n) is 5.71. The van der Waals surface area contributed by atoms with Crippen molar-refractivity contribution < 1.29 is 23.9 Å². The number of ketones is 1. The average Bonchev–Trinajstić information content (AvgIpc) is 3.27. The van der Waals surface area contributed by atoms with Crippen molar-refractivity contribution in [3.05, 3.63) is 65.7 Å². The molecule has 1 atom stereocenters. The molecule has 0 amide bonds. The van der Waals surface area contributed by atoms with Crippen LogP contribution in [0.1, 0.15) is 54.4 Å². The molecule has 1 heterocycles. The van der Waals surface area contributed by atoms with Crippen molar-refractivity contribution in [1.82, 2.24) is 0 Å². The number of hydrogen-bond acceptors (Lipinski definition) is 6. The van der Waals surface area contributed by atoms with Crippen molar-refractivity contribution in [3.63, 3.8) is 0 Å². The van der Waals surface area contributed by atoms with Crippen molar-refractivity contribution >= 4 is 17.5 Å². The van der Waals surface area contributed by atoms with Crippen LogP contribution in [0.4, 0.5) is 0 Å². The largest absolute Gasteiger partial charge is 0.497 e. The zero-order valence-corrected chi connectivity index (χ0v) is 17.0. The van der Waals surface area contributed by atoms with E-state index in [-0.39, 0.29) is 12.5 Å². The van der Waals surface area contributed by atoms with Crippen LogP contribution in [0.5, 0.6) is 5.75 Å². The summed E-state index contributed by atoms with van der Waals surface area (Å²) in [6, 6.07) is 15.9. The lowest BCUT2D eigenvalue weighted by molar-refractivity contribution is -0.170. The minimum absolute atomic E-state index is 0.0264. The fraction of sp³-hybridized carbons (Fsp3) is 0.375. The standard InChI is InChI=1S/C24H25NO5/c1-28-19-14-12-17(13-15-19)21-16-24(30-25-21,22(26)18-8-4-2-5-9-18)23(27)29-20-10-6-3-7-11-20/h2,4-5,8-9,12-15,20H,3,6-7,10-11,16H2,1H3. The molecule has 6 heteroatoms. The first kappa shape index (κ1) is 20.1. The van der Waals surface area contributed by atoms with Crippen molar-refractivity contribution in [2.24, 2.45) is 5.16 Å². The number of hydrogen-bond donors (Lipinski definition) is 0. The predicted octanol–water partition coefficient (Wildman–Crippen LogP) is 4.32. The highest BCUT2D eigenvalue weighted by Gasteiger charge is 2.55. The molecule has 4 rings (SSSR count). The second kappa shape index (κ2) is 8.69. The first-order valence-electron chi connectivity index (χ1n) is 10.3. The Kier molecular flexibility index (Phi) is 5.84. The van der Waals surface area contributed by atoms with Gasteiger partial charge < -0.3 is 14.3 Å². The van der Waals surface area contributed by atoms with Crippen LogP contribution in [-0.2, 0) is 14.4 Å². The highest BCUT2D eigenvalue weighted by atomic mass is 16.7. The number of methoxy groups -OCH3 is 1. The minimum Gasteiger partial charge on any atom is -0.497 e. The van der Waals surface area contributed by atoms with Crippen LogP contribution in [-0.4, -0.2) is 36.3 Å². The van der Waals surface area contributed by atoms with Gasteiger partial charge in [0.15, 0.2) is 0 Å². The fourth-order valence-corrected chi connectivity index (χ4v) is 3.95. The molecule has 0 aromatic heterocycles. The van der Waals surface area contributed by atoms with Gasteiger partial charge in [-0.05, 0) is 55.5 Å².